The Morgan fingerprint density at radius 1 is 1.50 bits per heavy atom. The van der Waals surface area contributed by atoms with Crippen LogP contribution in [0, 0.1) is 5.41 Å². The van der Waals surface area contributed by atoms with Gasteiger partial charge in [-0.1, -0.05) is 12.2 Å². The highest BCUT2D eigenvalue weighted by molar-refractivity contribution is 5.90. The highest BCUT2D eigenvalue weighted by atomic mass is 16.3. The Morgan fingerprint density at radius 3 is 3.00 bits per heavy atom. The van der Waals surface area contributed by atoms with Crippen LogP contribution in [-0.4, -0.2) is 5.90 Å². The zero-order valence-electron chi connectivity index (χ0n) is 5.29. The summed E-state index contributed by atoms with van der Waals surface area (Å²) in [6, 6.07) is 0. The summed E-state index contributed by atoms with van der Waals surface area (Å²) in [6.07, 6.45) is 8.23. The second kappa shape index (κ2) is 2.87. The van der Waals surface area contributed by atoms with Gasteiger partial charge in [-0.25, -0.2) is 0 Å². The predicted molar refractivity (Wildman–Crippen MR) is 37.2 cm³/mol. The molecule has 0 bridgehead atoms. The molecule has 0 aromatic carbocycles. The molecule has 2 N–H and O–H groups in total. The van der Waals surface area contributed by atoms with Crippen molar-refractivity contribution in [2.75, 3.05) is 0 Å². The van der Waals surface area contributed by atoms with Crippen LogP contribution in [0.15, 0.2) is 36.2 Å². The minimum Gasteiger partial charge on any atom is -0.859 e. The molecule has 0 aliphatic carbocycles. The highest BCUT2D eigenvalue weighted by Crippen LogP contribution is 1.96. The van der Waals surface area contributed by atoms with E-state index in [1.807, 2.05) is 0 Å². The van der Waals surface area contributed by atoms with Crippen molar-refractivity contribution in [1.82, 2.24) is 5.32 Å². The van der Waals surface area contributed by atoms with Crippen molar-refractivity contribution in [2.45, 2.75) is 0 Å². The van der Waals surface area contributed by atoms with Crippen molar-refractivity contribution in [3.63, 3.8) is 0 Å². The Hall–Kier alpha value is -1.51. The maximum atomic E-state index is 10.4. The molecule has 0 aromatic rings. The van der Waals surface area contributed by atoms with Crippen LogP contribution in [0.25, 0.3) is 0 Å². The maximum Gasteiger partial charge on any atom is 0.00866 e. The quantitative estimate of drug-likeness (QED) is 0.389. The van der Waals surface area contributed by atoms with E-state index in [0.29, 0.717) is 5.57 Å². The van der Waals surface area contributed by atoms with Crippen molar-refractivity contribution < 1.29 is 5.11 Å². The van der Waals surface area contributed by atoms with Crippen molar-refractivity contribution >= 4 is 5.90 Å². The molecule has 1 aliphatic rings. The van der Waals surface area contributed by atoms with E-state index in [4.69, 9.17) is 5.41 Å². The van der Waals surface area contributed by atoms with Gasteiger partial charge in [0.1, 0.15) is 0 Å². The molecular formula is C7H7N2O-. The fourth-order valence-electron chi connectivity index (χ4n) is 0.598. The van der Waals surface area contributed by atoms with E-state index in [1.54, 1.807) is 24.4 Å². The fourth-order valence-corrected chi connectivity index (χ4v) is 0.598. The van der Waals surface area contributed by atoms with E-state index in [1.165, 1.54) is 6.20 Å². The smallest absolute Gasteiger partial charge is 0.00866 e. The van der Waals surface area contributed by atoms with Gasteiger partial charge in [0.15, 0.2) is 0 Å². The summed E-state index contributed by atoms with van der Waals surface area (Å²) < 4.78 is 0. The van der Waals surface area contributed by atoms with Gasteiger partial charge in [-0.3, -0.25) is 0 Å². The van der Waals surface area contributed by atoms with Crippen LogP contribution >= 0.6 is 0 Å². The first-order valence-electron chi connectivity index (χ1n) is 2.86. The monoisotopic (exact) mass is 135 g/mol. The Labute approximate surface area is 58.9 Å². The summed E-state index contributed by atoms with van der Waals surface area (Å²) in [5.74, 6) is -0.674. The van der Waals surface area contributed by atoms with Gasteiger partial charge in [0, 0.05) is 18.0 Å². The molecule has 0 aromatic heterocycles. The third kappa shape index (κ3) is 1.48. The van der Waals surface area contributed by atoms with Crippen molar-refractivity contribution in [3.8, 4) is 0 Å². The molecule has 52 valence electrons. The Bertz CT molecular complexity index is 226. The number of allylic oxidation sites excluding steroid dienone is 2. The molecule has 0 radical (unpaired) electrons. The molecule has 0 saturated carbocycles. The average molecular weight is 135 g/mol. The van der Waals surface area contributed by atoms with Gasteiger partial charge in [-0.05, 0) is 12.0 Å². The third-order valence-corrected chi connectivity index (χ3v) is 1.08. The first-order valence-corrected chi connectivity index (χ1v) is 2.86. The normalized spacial score (nSPS) is 15.4. The first-order chi connectivity index (χ1) is 4.80. The Morgan fingerprint density at radius 2 is 2.30 bits per heavy atom. The molecule has 1 rings (SSSR count). The lowest BCUT2D eigenvalue weighted by molar-refractivity contribution is -0.214. The van der Waals surface area contributed by atoms with Gasteiger partial charge < -0.3 is 15.8 Å². The number of hydrogen-bond acceptors (Lipinski definition) is 3. The molecular weight excluding hydrogens is 128 g/mol. The molecule has 10 heavy (non-hydrogen) atoms. The van der Waals surface area contributed by atoms with E-state index in [2.05, 4.69) is 5.32 Å². The Kier molecular flexibility index (Phi) is 1.89. The first kappa shape index (κ1) is 6.61. The lowest BCUT2D eigenvalue weighted by Crippen LogP contribution is -2.18. The van der Waals surface area contributed by atoms with E-state index in [9.17, 15) is 5.11 Å². The topological polar surface area (TPSA) is 58.9 Å². The number of nitrogens with one attached hydrogen (secondary N) is 2. The zero-order valence-corrected chi connectivity index (χ0v) is 5.29. The molecule has 0 spiro atoms. The summed E-state index contributed by atoms with van der Waals surface area (Å²) in [6.45, 7) is 0. The van der Waals surface area contributed by atoms with Crippen LogP contribution in [0.3, 0.4) is 0 Å². The summed E-state index contributed by atoms with van der Waals surface area (Å²) in [5, 5.41) is 19.9. The second-order valence-electron chi connectivity index (χ2n) is 1.81. The summed E-state index contributed by atoms with van der Waals surface area (Å²) in [5.41, 5.74) is 0.366. The van der Waals surface area contributed by atoms with Crippen LogP contribution in [0.2, 0.25) is 0 Å². The molecule has 0 saturated heterocycles. The largest absolute Gasteiger partial charge is 0.859 e. The van der Waals surface area contributed by atoms with Crippen LogP contribution in [0.4, 0.5) is 0 Å². The van der Waals surface area contributed by atoms with Crippen molar-refractivity contribution in [1.29, 1.82) is 5.41 Å². The van der Waals surface area contributed by atoms with E-state index >= 15 is 0 Å². The molecule has 1 aliphatic heterocycles. The zero-order chi connectivity index (χ0) is 7.40. The summed E-state index contributed by atoms with van der Waals surface area (Å²) >= 11 is 0. The second-order valence-corrected chi connectivity index (χ2v) is 1.81. The van der Waals surface area contributed by atoms with Crippen LogP contribution < -0.4 is 10.4 Å². The Balaban J connectivity index is 2.78. The molecule has 1 heterocycles. The molecule has 0 amide bonds. The predicted octanol–water partition coefficient (Wildman–Crippen LogP) is -0.119. The number of hydrogen-bond donors (Lipinski definition) is 2. The molecule has 3 nitrogen and oxygen atoms in total. The van der Waals surface area contributed by atoms with Crippen LogP contribution in [0.5, 0.6) is 0 Å². The SMILES string of the molecule is N=C([O-])C1=CNC=CC=C1. The number of rotatable bonds is 1. The van der Waals surface area contributed by atoms with Crippen molar-refractivity contribution in [3.05, 3.63) is 36.2 Å². The minimum atomic E-state index is -0.674. The standard InChI is InChI=1S/C7H8N2O/c8-7(10)6-3-1-2-4-9-5-6/h1-5,9H,(H2,8,10)/p-1. The summed E-state index contributed by atoms with van der Waals surface area (Å²) in [7, 11) is 0. The van der Waals surface area contributed by atoms with E-state index in [0.717, 1.165) is 0 Å². The molecule has 0 unspecified atom stereocenters. The average Bonchev–Trinajstić information content (AvgIpc) is 2.12. The van der Waals surface area contributed by atoms with Crippen LogP contribution in [-0.2, 0) is 0 Å². The van der Waals surface area contributed by atoms with E-state index < -0.39 is 5.90 Å². The lowest BCUT2D eigenvalue weighted by Gasteiger charge is -2.06. The molecule has 0 fully saturated rings. The minimum absolute atomic E-state index is 0.366. The fraction of sp³-hybridized carbons (Fsp3) is 0. The van der Waals surface area contributed by atoms with Gasteiger partial charge in [0.05, 0.1) is 0 Å². The van der Waals surface area contributed by atoms with Gasteiger partial charge in [0.2, 0.25) is 0 Å². The third-order valence-electron chi connectivity index (χ3n) is 1.08. The van der Waals surface area contributed by atoms with E-state index in [-0.39, 0.29) is 0 Å². The van der Waals surface area contributed by atoms with Gasteiger partial charge in [-0.15, -0.1) is 0 Å². The van der Waals surface area contributed by atoms with Gasteiger partial charge in [0.25, 0.3) is 0 Å². The molecule has 3 heteroatoms. The van der Waals surface area contributed by atoms with Gasteiger partial charge in [-0.2, -0.15) is 0 Å². The maximum absolute atomic E-state index is 10.4. The summed E-state index contributed by atoms with van der Waals surface area (Å²) in [4.78, 5) is 0. The lowest BCUT2D eigenvalue weighted by atomic mass is 10.2. The molecule has 0 atom stereocenters. The van der Waals surface area contributed by atoms with Crippen molar-refractivity contribution in [2.24, 2.45) is 0 Å². The highest BCUT2D eigenvalue weighted by Gasteiger charge is 1.88. The van der Waals surface area contributed by atoms with Gasteiger partial charge >= 0.3 is 0 Å². The van der Waals surface area contributed by atoms with Crippen LogP contribution in [0.1, 0.15) is 0 Å².